The van der Waals surface area contributed by atoms with Gasteiger partial charge < -0.3 is 6.53 Å². The smallest absolute Gasteiger partial charge is 1.00 e. The predicted octanol–water partition coefficient (Wildman–Crippen LogP) is 1.08. The predicted molar refractivity (Wildman–Crippen MR) is 44.0 cm³/mol. The molecule has 19 heteroatoms. The summed E-state index contributed by atoms with van der Waals surface area (Å²) in [7, 11) is 0. The Kier molecular flexibility index (Phi) is 6.86. The van der Waals surface area contributed by atoms with E-state index in [0.29, 0.717) is 0 Å². The second-order valence-corrected chi connectivity index (χ2v) is 4.62. The van der Waals surface area contributed by atoms with Crippen molar-refractivity contribution in [2.75, 3.05) is 0 Å². The summed E-state index contributed by atoms with van der Waals surface area (Å²) < 4.78 is 194. The molecule has 0 saturated carbocycles. The molecule has 0 aromatic heterocycles. The van der Waals surface area contributed by atoms with Crippen molar-refractivity contribution in [1.82, 2.24) is 0 Å². The van der Waals surface area contributed by atoms with Crippen LogP contribution in [-0.4, -0.2) is 53.2 Å². The Morgan fingerprint density at radius 2 is 0.963 bits per heavy atom. The molecule has 0 radical (unpaired) electrons. The normalized spacial score (nSPS) is 30.2. The average Bonchev–Trinajstić information content (AvgIpc) is 2.56. The van der Waals surface area contributed by atoms with Gasteiger partial charge in [-0.3, -0.25) is 9.47 Å². The number of halogens is 15. The van der Waals surface area contributed by atoms with Crippen LogP contribution in [0.1, 0.15) is 1.43 Å². The van der Waals surface area contributed by atoms with Crippen molar-refractivity contribution in [2.24, 2.45) is 0 Å². The molecule has 27 heavy (non-hydrogen) atoms. The van der Waals surface area contributed by atoms with Gasteiger partial charge in [0.25, 0.3) is 0 Å². The van der Waals surface area contributed by atoms with Crippen LogP contribution in [0.3, 0.4) is 0 Å². The van der Waals surface area contributed by atoms with Gasteiger partial charge in [0.2, 0.25) is 0 Å². The van der Waals surface area contributed by atoms with E-state index in [0.717, 1.165) is 0 Å². The Hall–Kier alpha value is 0.466. The summed E-state index contributed by atoms with van der Waals surface area (Å²) in [6.45, 7) is 0. The van der Waals surface area contributed by atoms with Crippen molar-refractivity contribution < 1.29 is 133 Å². The molecule has 0 aromatic carbocycles. The first kappa shape index (κ1) is 27.5. The SMILES string of the molecule is OC(F)(F)C1(C(F)(F)C(F)(F)F)OC(F)(F)C(F)(C(F)(F)C(F)(F)F)O1.[H-].[K+]. The quantitative estimate of drug-likeness (QED) is 0.496. The standard InChI is InChI=1S/C8HF15O3.K.H/c9-1(10,5(14,15)16)3(13)8(22,23)26-4(25-3,7(20,21)24)2(11,12)6(17,18)19;;/h24H;;/q;+1;-1. The fourth-order valence-electron chi connectivity index (χ4n) is 1.58. The molecule has 1 N–H and O–H groups in total. The number of ether oxygens (including phenoxy) is 2. The van der Waals surface area contributed by atoms with Gasteiger partial charge in [-0.05, 0) is 0 Å². The van der Waals surface area contributed by atoms with Crippen molar-refractivity contribution in [3.05, 3.63) is 0 Å². The van der Waals surface area contributed by atoms with Crippen LogP contribution in [0.5, 0.6) is 0 Å². The molecule has 1 aliphatic heterocycles. The minimum absolute atomic E-state index is 0. The molecule has 1 aliphatic rings. The molecule has 0 amide bonds. The third-order valence-corrected chi connectivity index (χ3v) is 2.86. The van der Waals surface area contributed by atoms with Crippen LogP contribution in [0.25, 0.3) is 0 Å². The Balaban J connectivity index is 0. The summed E-state index contributed by atoms with van der Waals surface area (Å²) in [6, 6.07) is 0. The second-order valence-electron chi connectivity index (χ2n) is 4.62. The fourth-order valence-corrected chi connectivity index (χ4v) is 1.58. The summed E-state index contributed by atoms with van der Waals surface area (Å²) in [5.41, 5.74) is 0. The van der Waals surface area contributed by atoms with E-state index < -0.39 is 48.1 Å². The van der Waals surface area contributed by atoms with Gasteiger partial charge in [0.15, 0.2) is 0 Å². The molecule has 158 valence electrons. The first-order valence-electron chi connectivity index (χ1n) is 5.37. The summed E-state index contributed by atoms with van der Waals surface area (Å²) in [6.07, 6.45) is -29.2. The van der Waals surface area contributed by atoms with E-state index in [-0.39, 0.29) is 52.8 Å². The van der Waals surface area contributed by atoms with Crippen molar-refractivity contribution in [3.63, 3.8) is 0 Å². The fraction of sp³-hybridized carbons (Fsp3) is 1.00. The maximum Gasteiger partial charge on any atom is 1.00 e. The Morgan fingerprint density at radius 3 is 1.22 bits per heavy atom. The van der Waals surface area contributed by atoms with Crippen LogP contribution >= 0.6 is 0 Å². The van der Waals surface area contributed by atoms with Gasteiger partial charge in [-0.15, -0.1) is 0 Å². The van der Waals surface area contributed by atoms with E-state index in [1.54, 1.807) is 0 Å². The summed E-state index contributed by atoms with van der Waals surface area (Å²) in [4.78, 5) is 0. The first-order valence-corrected chi connectivity index (χ1v) is 5.37. The topological polar surface area (TPSA) is 38.7 Å². The van der Waals surface area contributed by atoms with Crippen LogP contribution in [0.2, 0.25) is 0 Å². The molecule has 0 spiro atoms. The molecule has 1 saturated heterocycles. The Labute approximate surface area is 180 Å². The molecule has 3 nitrogen and oxygen atoms in total. The van der Waals surface area contributed by atoms with Crippen molar-refractivity contribution >= 4 is 0 Å². The number of hydrogen-bond donors (Lipinski definition) is 1. The van der Waals surface area contributed by atoms with Crippen molar-refractivity contribution in [2.45, 2.75) is 48.1 Å². The van der Waals surface area contributed by atoms with Gasteiger partial charge in [0, 0.05) is 0 Å². The van der Waals surface area contributed by atoms with Gasteiger partial charge >= 0.3 is 99.4 Å². The van der Waals surface area contributed by atoms with Crippen LogP contribution in [0.15, 0.2) is 0 Å². The third-order valence-electron chi connectivity index (χ3n) is 2.86. The second kappa shape index (κ2) is 6.74. The molecule has 0 aliphatic carbocycles. The van der Waals surface area contributed by atoms with E-state index in [4.69, 9.17) is 5.11 Å². The number of rotatable bonds is 3. The molecule has 1 fully saturated rings. The van der Waals surface area contributed by atoms with Crippen LogP contribution in [-0.2, 0) is 9.47 Å². The zero-order valence-electron chi connectivity index (χ0n) is 12.9. The zero-order valence-corrected chi connectivity index (χ0v) is 15.1. The number of hydrogen-bond acceptors (Lipinski definition) is 3. The largest absolute Gasteiger partial charge is 1.00 e. The van der Waals surface area contributed by atoms with E-state index in [1.807, 2.05) is 9.47 Å². The molecular weight excluding hydrogens is 468 g/mol. The molecule has 2 unspecified atom stereocenters. The summed E-state index contributed by atoms with van der Waals surface area (Å²) >= 11 is 0. The molecule has 1 heterocycles. The van der Waals surface area contributed by atoms with Gasteiger partial charge in [-0.1, -0.05) is 0 Å². The molecule has 2 atom stereocenters. The van der Waals surface area contributed by atoms with Crippen molar-refractivity contribution in [1.29, 1.82) is 0 Å². The zero-order chi connectivity index (χ0) is 21.4. The Morgan fingerprint density at radius 1 is 0.630 bits per heavy atom. The molecular formula is C8H2F15KO3. The summed E-state index contributed by atoms with van der Waals surface area (Å²) in [5, 5.41) is 8.01. The van der Waals surface area contributed by atoms with E-state index in [2.05, 4.69) is 0 Å². The van der Waals surface area contributed by atoms with Gasteiger partial charge in [-0.25, -0.2) is 0 Å². The van der Waals surface area contributed by atoms with Crippen molar-refractivity contribution in [3.8, 4) is 0 Å². The van der Waals surface area contributed by atoms with Crippen LogP contribution < -0.4 is 51.4 Å². The van der Waals surface area contributed by atoms with Gasteiger partial charge in [-0.2, -0.15) is 65.9 Å². The summed E-state index contributed by atoms with van der Waals surface area (Å²) in [5.74, 6) is -29.7. The molecule has 0 aromatic rings. The average molecular weight is 470 g/mol. The molecule has 0 bridgehead atoms. The maximum absolute atomic E-state index is 13.6. The Bertz CT molecular complexity index is 571. The number of alkyl halides is 15. The van der Waals surface area contributed by atoms with Gasteiger partial charge in [0.1, 0.15) is 0 Å². The first-order chi connectivity index (χ1) is 10.9. The third kappa shape index (κ3) is 3.59. The molecule has 1 rings (SSSR count). The van der Waals surface area contributed by atoms with Crippen LogP contribution in [0.4, 0.5) is 65.9 Å². The van der Waals surface area contributed by atoms with E-state index in [1.165, 1.54) is 0 Å². The minimum Gasteiger partial charge on any atom is -1.00 e. The monoisotopic (exact) mass is 470 g/mol. The van der Waals surface area contributed by atoms with Gasteiger partial charge in [0.05, 0.1) is 0 Å². The number of aliphatic hydroxyl groups is 1. The van der Waals surface area contributed by atoms with E-state index >= 15 is 0 Å². The minimum atomic E-state index is -7.65. The maximum atomic E-state index is 13.6. The van der Waals surface area contributed by atoms with Crippen LogP contribution in [0, 0.1) is 0 Å². The van der Waals surface area contributed by atoms with E-state index in [9.17, 15) is 65.9 Å².